The van der Waals surface area contributed by atoms with Crippen molar-refractivity contribution in [2.24, 2.45) is 5.92 Å². The summed E-state index contributed by atoms with van der Waals surface area (Å²) in [5.41, 5.74) is 2.60. The molecule has 1 unspecified atom stereocenters. The predicted octanol–water partition coefficient (Wildman–Crippen LogP) is 3.52. The number of benzene rings is 1. The van der Waals surface area contributed by atoms with Crippen molar-refractivity contribution in [3.8, 4) is 0 Å². The van der Waals surface area contributed by atoms with Gasteiger partial charge >= 0.3 is 0 Å². The average Bonchev–Trinajstić information content (AvgIpc) is 2.55. The molecular formula is C17H26N2O. The molecule has 2 saturated heterocycles. The van der Waals surface area contributed by atoms with E-state index in [1.807, 2.05) is 0 Å². The number of anilines is 2. The SMILES string of the molecule is c1cc(N2CCCCC2)ccc1NCC1CCCOC1. The number of hydrogen-bond acceptors (Lipinski definition) is 3. The molecule has 1 atom stereocenters. The van der Waals surface area contributed by atoms with E-state index in [0.29, 0.717) is 5.92 Å². The fraction of sp³-hybridized carbons (Fsp3) is 0.647. The molecule has 0 spiro atoms. The Kier molecular flexibility index (Phi) is 4.80. The van der Waals surface area contributed by atoms with Gasteiger partial charge in [-0.25, -0.2) is 0 Å². The zero-order valence-electron chi connectivity index (χ0n) is 12.3. The highest BCUT2D eigenvalue weighted by Crippen LogP contribution is 2.22. The molecule has 0 amide bonds. The largest absolute Gasteiger partial charge is 0.385 e. The van der Waals surface area contributed by atoms with E-state index in [-0.39, 0.29) is 0 Å². The minimum atomic E-state index is 0.672. The lowest BCUT2D eigenvalue weighted by atomic mass is 10.0. The molecule has 1 aromatic rings. The summed E-state index contributed by atoms with van der Waals surface area (Å²) in [4.78, 5) is 2.50. The van der Waals surface area contributed by atoms with Crippen molar-refractivity contribution >= 4 is 11.4 Å². The lowest BCUT2D eigenvalue weighted by molar-refractivity contribution is 0.0595. The van der Waals surface area contributed by atoms with E-state index in [2.05, 4.69) is 34.5 Å². The third kappa shape index (κ3) is 3.66. The van der Waals surface area contributed by atoms with Gasteiger partial charge < -0.3 is 15.0 Å². The van der Waals surface area contributed by atoms with E-state index in [4.69, 9.17) is 4.74 Å². The Labute approximate surface area is 122 Å². The first kappa shape index (κ1) is 13.7. The maximum atomic E-state index is 5.52. The van der Waals surface area contributed by atoms with Crippen LogP contribution in [0.5, 0.6) is 0 Å². The summed E-state index contributed by atoms with van der Waals surface area (Å²) in [6.45, 7) is 5.32. The van der Waals surface area contributed by atoms with E-state index in [1.165, 1.54) is 56.6 Å². The van der Waals surface area contributed by atoms with Crippen molar-refractivity contribution in [2.75, 3.05) is 43.1 Å². The molecule has 1 N–H and O–H groups in total. The number of nitrogens with one attached hydrogen (secondary N) is 1. The average molecular weight is 274 g/mol. The van der Waals surface area contributed by atoms with Crippen molar-refractivity contribution < 1.29 is 4.74 Å². The van der Waals surface area contributed by atoms with Crippen LogP contribution in [-0.2, 0) is 4.74 Å². The molecule has 110 valence electrons. The number of hydrogen-bond donors (Lipinski definition) is 1. The van der Waals surface area contributed by atoms with E-state index in [1.54, 1.807) is 0 Å². The molecule has 3 rings (SSSR count). The highest BCUT2D eigenvalue weighted by atomic mass is 16.5. The summed E-state index contributed by atoms with van der Waals surface area (Å²) in [5, 5.41) is 3.55. The second-order valence-electron chi connectivity index (χ2n) is 6.06. The molecule has 3 heteroatoms. The summed E-state index contributed by atoms with van der Waals surface area (Å²) in [7, 11) is 0. The van der Waals surface area contributed by atoms with Crippen molar-refractivity contribution in [3.63, 3.8) is 0 Å². The number of piperidine rings is 1. The smallest absolute Gasteiger partial charge is 0.0511 e. The van der Waals surface area contributed by atoms with Crippen LogP contribution < -0.4 is 10.2 Å². The van der Waals surface area contributed by atoms with Crippen LogP contribution in [-0.4, -0.2) is 32.8 Å². The maximum absolute atomic E-state index is 5.52. The van der Waals surface area contributed by atoms with Gasteiger partial charge in [0, 0.05) is 37.6 Å². The second kappa shape index (κ2) is 6.98. The Bertz CT molecular complexity index is 392. The highest BCUT2D eigenvalue weighted by molar-refractivity contribution is 5.55. The maximum Gasteiger partial charge on any atom is 0.0511 e. The Morgan fingerprint density at radius 1 is 1.05 bits per heavy atom. The van der Waals surface area contributed by atoms with Crippen LogP contribution >= 0.6 is 0 Å². The molecule has 1 aromatic carbocycles. The van der Waals surface area contributed by atoms with Gasteiger partial charge in [0.15, 0.2) is 0 Å². The molecule has 0 saturated carbocycles. The molecule has 0 radical (unpaired) electrons. The minimum absolute atomic E-state index is 0.672. The van der Waals surface area contributed by atoms with Crippen molar-refractivity contribution in [1.29, 1.82) is 0 Å². The first-order valence-corrected chi connectivity index (χ1v) is 8.08. The Morgan fingerprint density at radius 2 is 1.85 bits per heavy atom. The van der Waals surface area contributed by atoms with Gasteiger partial charge in [0.25, 0.3) is 0 Å². The van der Waals surface area contributed by atoms with Gasteiger partial charge in [-0.15, -0.1) is 0 Å². The monoisotopic (exact) mass is 274 g/mol. The van der Waals surface area contributed by atoms with Gasteiger partial charge in [-0.05, 0) is 62.3 Å². The minimum Gasteiger partial charge on any atom is -0.385 e. The molecular weight excluding hydrogens is 248 g/mol. The first-order chi connectivity index (χ1) is 9.92. The Hall–Kier alpha value is -1.22. The van der Waals surface area contributed by atoms with E-state index in [9.17, 15) is 0 Å². The molecule has 0 aromatic heterocycles. The van der Waals surface area contributed by atoms with Gasteiger partial charge in [-0.3, -0.25) is 0 Å². The number of ether oxygens (including phenoxy) is 1. The molecule has 0 bridgehead atoms. The normalized spacial score (nSPS) is 23.6. The second-order valence-corrected chi connectivity index (χ2v) is 6.06. The van der Waals surface area contributed by atoms with E-state index in [0.717, 1.165) is 19.8 Å². The fourth-order valence-corrected chi connectivity index (χ4v) is 3.17. The topological polar surface area (TPSA) is 24.5 Å². The predicted molar refractivity (Wildman–Crippen MR) is 84.5 cm³/mol. The van der Waals surface area contributed by atoms with E-state index < -0.39 is 0 Å². The molecule has 2 fully saturated rings. The molecule has 3 nitrogen and oxygen atoms in total. The van der Waals surface area contributed by atoms with Crippen LogP contribution in [0.15, 0.2) is 24.3 Å². The van der Waals surface area contributed by atoms with Gasteiger partial charge in [0.05, 0.1) is 6.61 Å². The third-order valence-electron chi connectivity index (χ3n) is 4.44. The summed E-state index contributed by atoms with van der Waals surface area (Å²) in [6, 6.07) is 8.94. The van der Waals surface area contributed by atoms with Crippen LogP contribution in [0.25, 0.3) is 0 Å². The van der Waals surface area contributed by atoms with Gasteiger partial charge in [0.1, 0.15) is 0 Å². The summed E-state index contributed by atoms with van der Waals surface area (Å²) >= 11 is 0. The van der Waals surface area contributed by atoms with Crippen LogP contribution in [0, 0.1) is 5.92 Å². The van der Waals surface area contributed by atoms with Crippen LogP contribution in [0.2, 0.25) is 0 Å². The Morgan fingerprint density at radius 3 is 2.55 bits per heavy atom. The van der Waals surface area contributed by atoms with Crippen molar-refractivity contribution in [2.45, 2.75) is 32.1 Å². The van der Waals surface area contributed by atoms with Crippen LogP contribution in [0.4, 0.5) is 11.4 Å². The van der Waals surface area contributed by atoms with Crippen LogP contribution in [0.3, 0.4) is 0 Å². The van der Waals surface area contributed by atoms with Gasteiger partial charge in [-0.1, -0.05) is 0 Å². The highest BCUT2D eigenvalue weighted by Gasteiger charge is 2.14. The summed E-state index contributed by atoms with van der Waals surface area (Å²) < 4.78 is 5.52. The van der Waals surface area contributed by atoms with Gasteiger partial charge in [-0.2, -0.15) is 0 Å². The number of rotatable bonds is 4. The van der Waals surface area contributed by atoms with Crippen molar-refractivity contribution in [3.05, 3.63) is 24.3 Å². The molecule has 2 aliphatic rings. The molecule has 2 aliphatic heterocycles. The molecule has 20 heavy (non-hydrogen) atoms. The molecule has 2 heterocycles. The summed E-state index contributed by atoms with van der Waals surface area (Å²) in [6.07, 6.45) is 6.56. The summed E-state index contributed by atoms with van der Waals surface area (Å²) in [5.74, 6) is 0.672. The Balaban J connectivity index is 1.50. The van der Waals surface area contributed by atoms with Crippen molar-refractivity contribution in [1.82, 2.24) is 0 Å². The number of nitrogens with zero attached hydrogens (tertiary/aromatic N) is 1. The molecule has 0 aliphatic carbocycles. The zero-order valence-corrected chi connectivity index (χ0v) is 12.3. The van der Waals surface area contributed by atoms with Crippen LogP contribution in [0.1, 0.15) is 32.1 Å². The third-order valence-corrected chi connectivity index (χ3v) is 4.44. The standard InChI is InChI=1S/C17H26N2O/c1-2-10-19(11-3-1)17-8-6-16(7-9-17)18-13-15-5-4-12-20-14-15/h6-9,15,18H,1-5,10-14H2. The lowest BCUT2D eigenvalue weighted by Crippen LogP contribution is -2.29. The first-order valence-electron chi connectivity index (χ1n) is 8.08. The quantitative estimate of drug-likeness (QED) is 0.909. The lowest BCUT2D eigenvalue weighted by Gasteiger charge is -2.29. The van der Waals surface area contributed by atoms with Gasteiger partial charge in [0.2, 0.25) is 0 Å². The fourth-order valence-electron chi connectivity index (χ4n) is 3.17. The zero-order chi connectivity index (χ0) is 13.6. The van der Waals surface area contributed by atoms with E-state index >= 15 is 0 Å².